The molecule has 3 unspecified atom stereocenters. The predicted molar refractivity (Wildman–Crippen MR) is 196 cm³/mol. The number of likely N-dealkylation sites (tertiary alicyclic amines) is 1. The number of aliphatic hydroxyl groups excluding tert-OH is 1. The molecule has 5 rings (SSSR count). The van der Waals surface area contributed by atoms with Gasteiger partial charge in [0.2, 0.25) is 23.6 Å². The van der Waals surface area contributed by atoms with Crippen LogP contribution in [0.25, 0.3) is 0 Å². The van der Waals surface area contributed by atoms with Crippen molar-refractivity contribution in [3.05, 3.63) is 10.6 Å². The van der Waals surface area contributed by atoms with E-state index in [1.54, 1.807) is 49.8 Å². The number of hydrogen-bond donors (Lipinski definition) is 5. The van der Waals surface area contributed by atoms with E-state index in [0.717, 1.165) is 0 Å². The lowest BCUT2D eigenvalue weighted by Crippen LogP contribution is -2.63. The standard InChI is InChI=1S/C35H54N6O9S2/c1-14(2)22(24-15(3)28(25(37-24)34(47)48)51-18-10-20(36-12-18)30(43)38(6)7)32(45)40-13-19(11-21(40)31(44)39(8)9)52-29-16(4)26-23(17(5)42)33(46)41(26)27(29)35(49)50/h14-26,28,36-37,42H,10-13H2,1-9H3,(H,47,48)(H,49,50)/t15-,16-,17-,18+,19+,20+,21+,22-,23-,24?,25?,26-,28?/m1/s1. The van der Waals surface area contributed by atoms with E-state index in [4.69, 9.17) is 0 Å². The lowest BCUT2D eigenvalue weighted by Gasteiger charge is -2.46. The quantitative estimate of drug-likeness (QED) is 0.169. The van der Waals surface area contributed by atoms with E-state index in [0.29, 0.717) is 17.9 Å². The Hall–Kier alpha value is -2.86. The van der Waals surface area contributed by atoms with Crippen LogP contribution in [0.15, 0.2) is 10.6 Å². The van der Waals surface area contributed by atoms with E-state index in [2.05, 4.69) is 10.6 Å². The van der Waals surface area contributed by atoms with Gasteiger partial charge in [-0.05, 0) is 31.6 Å². The molecule has 0 bridgehead atoms. The van der Waals surface area contributed by atoms with Crippen LogP contribution in [0, 0.1) is 29.6 Å². The summed E-state index contributed by atoms with van der Waals surface area (Å²) in [6.07, 6.45) is -0.0965. The highest BCUT2D eigenvalue weighted by Gasteiger charge is 2.61. The van der Waals surface area contributed by atoms with Crippen LogP contribution in [-0.2, 0) is 28.8 Å². The fourth-order valence-corrected chi connectivity index (χ4v) is 12.1. The van der Waals surface area contributed by atoms with Gasteiger partial charge in [-0.1, -0.05) is 27.7 Å². The smallest absolute Gasteiger partial charge is 0.353 e. The number of carboxylic acids is 2. The van der Waals surface area contributed by atoms with Crippen LogP contribution in [0.2, 0.25) is 0 Å². The first-order valence-electron chi connectivity index (χ1n) is 18.0. The minimum Gasteiger partial charge on any atom is -0.480 e. The van der Waals surface area contributed by atoms with Gasteiger partial charge in [-0.3, -0.25) is 29.3 Å². The first-order valence-corrected chi connectivity index (χ1v) is 19.9. The van der Waals surface area contributed by atoms with Gasteiger partial charge in [-0.2, -0.15) is 11.8 Å². The number of rotatable bonds is 12. The largest absolute Gasteiger partial charge is 0.480 e. The van der Waals surface area contributed by atoms with Crippen LogP contribution in [0.3, 0.4) is 0 Å². The number of likely N-dealkylation sites (N-methyl/N-ethyl adjacent to an activating group) is 2. The number of hydrogen-bond acceptors (Lipinski definition) is 11. The fraction of sp³-hybridized carbons (Fsp3) is 0.771. The number of carboxylic acid groups (broad SMARTS) is 2. The first kappa shape index (κ1) is 40.3. The molecule has 52 heavy (non-hydrogen) atoms. The Bertz CT molecular complexity index is 1510. The zero-order chi connectivity index (χ0) is 38.7. The molecule has 4 fully saturated rings. The van der Waals surface area contributed by atoms with Crippen LogP contribution < -0.4 is 10.6 Å². The minimum absolute atomic E-state index is 0.0103. The van der Waals surface area contributed by atoms with Crippen molar-refractivity contribution in [1.82, 2.24) is 30.2 Å². The Morgan fingerprint density at radius 2 is 1.58 bits per heavy atom. The maximum Gasteiger partial charge on any atom is 0.353 e. The molecule has 0 aromatic carbocycles. The second-order valence-electron chi connectivity index (χ2n) is 15.8. The molecule has 290 valence electrons. The van der Waals surface area contributed by atoms with Crippen molar-refractivity contribution in [2.24, 2.45) is 29.6 Å². The molecule has 4 amide bonds. The average molecular weight is 767 g/mol. The molecule has 13 atom stereocenters. The number of carbonyl (C=O) groups excluding carboxylic acids is 4. The molecule has 5 aliphatic rings. The van der Waals surface area contributed by atoms with Gasteiger partial charge in [-0.25, -0.2) is 4.79 Å². The normalized spacial score (nSPS) is 35.4. The van der Waals surface area contributed by atoms with Gasteiger partial charge in [0.15, 0.2) is 0 Å². The summed E-state index contributed by atoms with van der Waals surface area (Å²) in [7, 11) is 6.65. The molecule has 17 heteroatoms. The van der Waals surface area contributed by atoms with Crippen molar-refractivity contribution < 1.29 is 44.1 Å². The molecule has 0 saturated carbocycles. The summed E-state index contributed by atoms with van der Waals surface area (Å²) in [6.45, 7) is 9.89. The lowest BCUT2D eigenvalue weighted by atomic mass is 9.79. The number of aliphatic carboxylic acids is 2. The third-order valence-corrected chi connectivity index (χ3v) is 14.8. The van der Waals surface area contributed by atoms with Crippen LogP contribution in [0.1, 0.15) is 47.5 Å². The third kappa shape index (κ3) is 7.19. The third-order valence-electron chi connectivity index (χ3n) is 11.5. The fourth-order valence-electron chi connectivity index (χ4n) is 8.90. The van der Waals surface area contributed by atoms with Gasteiger partial charge in [0.05, 0.1) is 30.0 Å². The van der Waals surface area contributed by atoms with Crippen molar-refractivity contribution in [2.75, 3.05) is 41.3 Å². The lowest BCUT2D eigenvalue weighted by molar-refractivity contribution is -0.163. The number of carbonyl (C=O) groups is 6. The highest BCUT2D eigenvalue weighted by molar-refractivity contribution is 8.03. The number of aliphatic hydroxyl groups is 1. The summed E-state index contributed by atoms with van der Waals surface area (Å²) < 4.78 is 0. The molecule has 0 aliphatic carbocycles. The SMILES string of the molecule is CC(C)[C@@H](C(=O)N1C[C@@H](SC2=C(C(=O)O)N3C(=O)[C@H]([C@@H](C)O)[C@H]3[C@H]2C)C[C@H]1C(=O)N(C)C)C1NC(C(=O)O)C(S[C@@H]2CN[C@H](C(=O)N(C)C)C2)[C@@H]1C. The Kier molecular flexibility index (Phi) is 12.0. The Morgan fingerprint density at radius 3 is 2.12 bits per heavy atom. The summed E-state index contributed by atoms with van der Waals surface area (Å²) in [5, 5.41) is 36.6. The van der Waals surface area contributed by atoms with Gasteiger partial charge < -0.3 is 40.2 Å². The van der Waals surface area contributed by atoms with Crippen LogP contribution >= 0.6 is 23.5 Å². The average Bonchev–Trinajstić information content (AvgIpc) is 3.82. The molecule has 0 spiro atoms. The van der Waals surface area contributed by atoms with Crippen LogP contribution in [0.4, 0.5) is 0 Å². The second kappa shape index (κ2) is 15.5. The van der Waals surface area contributed by atoms with E-state index < -0.39 is 60.0 Å². The molecular weight excluding hydrogens is 713 g/mol. The number of nitrogens with one attached hydrogen (secondary N) is 2. The number of nitrogens with zero attached hydrogens (tertiary/aromatic N) is 4. The van der Waals surface area contributed by atoms with Gasteiger partial charge >= 0.3 is 11.9 Å². The van der Waals surface area contributed by atoms with E-state index in [9.17, 15) is 44.1 Å². The molecular formula is C35H54N6O9S2. The molecule has 5 aliphatic heterocycles. The zero-order valence-corrected chi connectivity index (χ0v) is 32.9. The molecule has 5 heterocycles. The van der Waals surface area contributed by atoms with Gasteiger partial charge in [0, 0.05) is 73.9 Å². The highest BCUT2D eigenvalue weighted by Crippen LogP contribution is 2.52. The van der Waals surface area contributed by atoms with Gasteiger partial charge in [0.1, 0.15) is 17.8 Å². The van der Waals surface area contributed by atoms with Crippen molar-refractivity contribution in [3.8, 4) is 0 Å². The van der Waals surface area contributed by atoms with Crippen molar-refractivity contribution >= 4 is 59.1 Å². The molecule has 0 aromatic rings. The van der Waals surface area contributed by atoms with E-state index in [1.807, 2.05) is 27.7 Å². The number of thioether (sulfide) groups is 2. The van der Waals surface area contributed by atoms with Crippen molar-refractivity contribution in [2.45, 2.75) is 99.5 Å². The highest BCUT2D eigenvalue weighted by atomic mass is 32.2. The molecule has 15 nitrogen and oxygen atoms in total. The molecule has 0 aromatic heterocycles. The molecule has 4 saturated heterocycles. The Morgan fingerprint density at radius 1 is 0.942 bits per heavy atom. The van der Waals surface area contributed by atoms with Crippen LogP contribution in [0.5, 0.6) is 0 Å². The summed E-state index contributed by atoms with van der Waals surface area (Å²) in [5.74, 6) is -5.43. The van der Waals surface area contributed by atoms with Crippen LogP contribution in [-0.4, -0.2) is 164 Å². The summed E-state index contributed by atoms with van der Waals surface area (Å²) >= 11 is 2.83. The number of β-lactam (4-membered cyclic amide) rings is 1. The minimum atomic E-state index is -1.24. The Balaban J connectivity index is 1.38. The number of fused-ring (bicyclic) bond motifs is 1. The number of amides is 4. The monoisotopic (exact) mass is 766 g/mol. The topological polar surface area (TPSA) is 200 Å². The van der Waals surface area contributed by atoms with Gasteiger partial charge in [0.25, 0.3) is 0 Å². The zero-order valence-electron chi connectivity index (χ0n) is 31.3. The van der Waals surface area contributed by atoms with E-state index in [1.165, 1.54) is 28.5 Å². The Labute approximate surface area is 313 Å². The predicted octanol–water partition coefficient (Wildman–Crippen LogP) is 0.185. The maximum atomic E-state index is 14.8. The summed E-state index contributed by atoms with van der Waals surface area (Å²) in [5.41, 5.74) is -0.105. The summed E-state index contributed by atoms with van der Waals surface area (Å²) in [4.78, 5) is 85.4. The van der Waals surface area contributed by atoms with Crippen molar-refractivity contribution in [1.29, 1.82) is 0 Å². The second-order valence-corrected chi connectivity index (χ2v) is 18.6. The molecule has 5 N–H and O–H groups in total. The maximum absolute atomic E-state index is 14.8. The van der Waals surface area contributed by atoms with Crippen molar-refractivity contribution in [3.63, 3.8) is 0 Å². The summed E-state index contributed by atoms with van der Waals surface area (Å²) in [6, 6.07) is -3.07. The van der Waals surface area contributed by atoms with E-state index in [-0.39, 0.29) is 75.9 Å². The van der Waals surface area contributed by atoms with Gasteiger partial charge in [-0.15, -0.1) is 11.8 Å². The van der Waals surface area contributed by atoms with E-state index >= 15 is 0 Å². The first-order chi connectivity index (χ1) is 24.3. The molecule has 0 radical (unpaired) electrons.